The van der Waals surface area contributed by atoms with E-state index in [1.54, 1.807) is 4.90 Å². The highest BCUT2D eigenvalue weighted by molar-refractivity contribution is 5.97. The molecule has 1 amide bonds. The van der Waals surface area contributed by atoms with Gasteiger partial charge < -0.3 is 15.3 Å². The van der Waals surface area contributed by atoms with Crippen molar-refractivity contribution in [2.24, 2.45) is 17.8 Å². The molecule has 2 aliphatic carbocycles. The van der Waals surface area contributed by atoms with Crippen molar-refractivity contribution in [3.05, 3.63) is 71.8 Å². The zero-order valence-corrected chi connectivity index (χ0v) is 19.8. The number of carbonyl (C=O) groups is 2. The first-order valence-corrected chi connectivity index (χ1v) is 12.6. The molecule has 2 N–H and O–H groups in total. The Labute approximate surface area is 201 Å². The fourth-order valence-electron chi connectivity index (χ4n) is 5.97. The molecule has 3 aliphatic rings. The third-order valence-corrected chi connectivity index (χ3v) is 7.99. The van der Waals surface area contributed by atoms with Crippen LogP contribution in [0.2, 0.25) is 0 Å². The van der Waals surface area contributed by atoms with Crippen molar-refractivity contribution in [1.29, 1.82) is 0 Å². The molecule has 5 rings (SSSR count). The molecule has 0 spiro atoms. The summed E-state index contributed by atoms with van der Waals surface area (Å²) < 4.78 is 0. The highest BCUT2D eigenvalue weighted by Gasteiger charge is 2.37. The fraction of sp³-hybridized carbons (Fsp3) is 0.448. The van der Waals surface area contributed by atoms with E-state index in [9.17, 15) is 9.59 Å². The van der Waals surface area contributed by atoms with Crippen LogP contribution in [0.3, 0.4) is 0 Å². The van der Waals surface area contributed by atoms with Gasteiger partial charge in [-0.15, -0.1) is 0 Å². The summed E-state index contributed by atoms with van der Waals surface area (Å²) in [6.45, 7) is 2.93. The molecule has 0 radical (unpaired) electrons. The first kappa shape index (κ1) is 22.9. The lowest BCUT2D eigenvalue weighted by Crippen LogP contribution is -2.53. The van der Waals surface area contributed by atoms with Gasteiger partial charge in [0.1, 0.15) is 0 Å². The van der Waals surface area contributed by atoms with Gasteiger partial charge in [-0.2, -0.15) is 0 Å². The number of amides is 1. The van der Waals surface area contributed by atoms with E-state index in [-0.39, 0.29) is 5.91 Å². The van der Waals surface area contributed by atoms with E-state index in [0.717, 1.165) is 18.4 Å². The van der Waals surface area contributed by atoms with Gasteiger partial charge in [-0.05, 0) is 60.8 Å². The van der Waals surface area contributed by atoms with Crippen molar-refractivity contribution in [1.82, 2.24) is 10.2 Å². The first-order valence-electron chi connectivity index (χ1n) is 12.6. The first-order chi connectivity index (χ1) is 16.5. The van der Waals surface area contributed by atoms with Gasteiger partial charge in [0.15, 0.2) is 0 Å². The molecule has 0 bridgehead atoms. The Kier molecular flexibility index (Phi) is 6.55. The van der Waals surface area contributed by atoms with Crippen LogP contribution in [-0.2, 0) is 9.59 Å². The SMILES string of the molecule is C[C@@H](N[C@H]1CCC[C@H](C2C=CC(C(=O)N3CC(C(=O)O)C3)=CC2)C1)c1cccc2ccccc12. The average Bonchev–Trinajstić information content (AvgIpc) is 2.82. The number of benzene rings is 2. The topological polar surface area (TPSA) is 69.6 Å². The number of carbonyl (C=O) groups excluding carboxylic acids is 1. The summed E-state index contributed by atoms with van der Waals surface area (Å²) in [7, 11) is 0. The van der Waals surface area contributed by atoms with E-state index in [1.165, 1.54) is 35.6 Å². The van der Waals surface area contributed by atoms with Gasteiger partial charge in [0.2, 0.25) is 0 Å². The number of hydrogen-bond acceptors (Lipinski definition) is 3. The summed E-state index contributed by atoms with van der Waals surface area (Å²) in [6.07, 6.45) is 12.0. The lowest BCUT2D eigenvalue weighted by Gasteiger charge is -2.38. The van der Waals surface area contributed by atoms with Crippen LogP contribution < -0.4 is 5.32 Å². The van der Waals surface area contributed by atoms with Crippen molar-refractivity contribution < 1.29 is 14.7 Å². The molecule has 5 heteroatoms. The van der Waals surface area contributed by atoms with Crippen LogP contribution in [0.4, 0.5) is 0 Å². The van der Waals surface area contributed by atoms with Crippen LogP contribution in [0.1, 0.15) is 50.6 Å². The van der Waals surface area contributed by atoms with E-state index in [4.69, 9.17) is 5.11 Å². The summed E-state index contributed by atoms with van der Waals surface area (Å²) in [6, 6.07) is 16.0. The van der Waals surface area contributed by atoms with Crippen LogP contribution in [0, 0.1) is 17.8 Å². The maximum absolute atomic E-state index is 12.6. The number of hydrogen-bond donors (Lipinski definition) is 2. The van der Waals surface area contributed by atoms with E-state index in [1.807, 2.05) is 6.08 Å². The number of likely N-dealkylation sites (tertiary alicyclic amines) is 1. The number of nitrogens with zero attached hydrogens (tertiary/aromatic N) is 1. The predicted octanol–water partition coefficient (Wildman–Crippen LogP) is 5.09. The second kappa shape index (κ2) is 9.75. The van der Waals surface area contributed by atoms with Gasteiger partial charge in [-0.1, -0.05) is 67.1 Å². The number of aliphatic carboxylic acids is 1. The zero-order chi connectivity index (χ0) is 23.7. The lowest BCUT2D eigenvalue weighted by atomic mass is 9.74. The molecule has 1 saturated carbocycles. The predicted molar refractivity (Wildman–Crippen MR) is 134 cm³/mol. The third-order valence-electron chi connectivity index (χ3n) is 7.99. The summed E-state index contributed by atoms with van der Waals surface area (Å²) in [5, 5.41) is 15.6. The Morgan fingerprint density at radius 1 is 1.09 bits per heavy atom. The maximum atomic E-state index is 12.6. The van der Waals surface area contributed by atoms with Crippen LogP contribution in [0.5, 0.6) is 0 Å². The highest BCUT2D eigenvalue weighted by atomic mass is 16.4. The molecular formula is C29H34N2O3. The van der Waals surface area contributed by atoms with Crippen LogP contribution in [0.25, 0.3) is 10.8 Å². The average molecular weight is 459 g/mol. The molecule has 34 heavy (non-hydrogen) atoms. The van der Waals surface area contributed by atoms with Gasteiger partial charge in [0.25, 0.3) is 5.91 Å². The third kappa shape index (κ3) is 4.67. The number of nitrogens with one attached hydrogen (secondary N) is 1. The zero-order valence-electron chi connectivity index (χ0n) is 19.8. The molecule has 1 aliphatic heterocycles. The fourth-order valence-corrected chi connectivity index (χ4v) is 5.97. The molecule has 0 aromatic heterocycles. The molecule has 1 unspecified atom stereocenters. The number of rotatable bonds is 6. The van der Waals surface area contributed by atoms with Crippen molar-refractivity contribution in [3.63, 3.8) is 0 Å². The standard InChI is InChI=1S/C29H34N2O3/c1-19(26-11-5-7-21-6-2-3-10-27(21)26)30-25-9-4-8-23(16-25)20-12-14-22(15-13-20)28(32)31-17-24(18-31)29(33)34/h2-3,5-7,10-12,14-15,19-20,23-25,30H,4,8-9,13,16-18H2,1H3,(H,33,34)/t19-,20?,23+,25+/m1/s1. The van der Waals surface area contributed by atoms with Crippen LogP contribution in [0.15, 0.2) is 66.3 Å². The van der Waals surface area contributed by atoms with Crippen LogP contribution in [-0.4, -0.2) is 41.0 Å². The smallest absolute Gasteiger partial charge is 0.310 e. The molecule has 1 heterocycles. The Balaban J connectivity index is 1.17. The Bertz CT molecular complexity index is 1130. The number of carboxylic acid groups (broad SMARTS) is 1. The summed E-state index contributed by atoms with van der Waals surface area (Å²) in [5.74, 6) is -0.160. The van der Waals surface area contributed by atoms with Crippen molar-refractivity contribution in [2.75, 3.05) is 13.1 Å². The number of carboxylic acids is 1. The Morgan fingerprint density at radius 2 is 1.88 bits per heavy atom. The van der Waals surface area contributed by atoms with Gasteiger partial charge >= 0.3 is 5.97 Å². The maximum Gasteiger partial charge on any atom is 0.310 e. The van der Waals surface area contributed by atoms with Gasteiger partial charge in [-0.3, -0.25) is 9.59 Å². The minimum atomic E-state index is -0.812. The lowest BCUT2D eigenvalue weighted by molar-refractivity contribution is -0.151. The summed E-state index contributed by atoms with van der Waals surface area (Å²) in [4.78, 5) is 25.3. The molecule has 2 fully saturated rings. The molecule has 5 nitrogen and oxygen atoms in total. The molecule has 1 saturated heterocycles. The van der Waals surface area contributed by atoms with E-state index in [0.29, 0.717) is 37.0 Å². The molecular weight excluding hydrogens is 424 g/mol. The second-order valence-corrected chi connectivity index (χ2v) is 10.2. The molecule has 2 aromatic carbocycles. The van der Waals surface area contributed by atoms with Gasteiger partial charge in [0.05, 0.1) is 5.92 Å². The van der Waals surface area contributed by atoms with Crippen LogP contribution >= 0.6 is 0 Å². The molecule has 178 valence electrons. The van der Waals surface area contributed by atoms with Crippen molar-refractivity contribution in [2.45, 2.75) is 51.1 Å². The highest BCUT2D eigenvalue weighted by Crippen LogP contribution is 2.36. The number of allylic oxidation sites excluding steroid dienone is 2. The quantitative estimate of drug-likeness (QED) is 0.632. The minimum Gasteiger partial charge on any atom is -0.481 e. The Morgan fingerprint density at radius 3 is 2.65 bits per heavy atom. The van der Waals surface area contributed by atoms with Crippen molar-refractivity contribution in [3.8, 4) is 0 Å². The summed E-state index contributed by atoms with van der Waals surface area (Å²) >= 11 is 0. The monoisotopic (exact) mass is 458 g/mol. The largest absolute Gasteiger partial charge is 0.481 e. The summed E-state index contributed by atoms with van der Waals surface area (Å²) in [5.41, 5.74) is 2.08. The van der Waals surface area contributed by atoms with Crippen molar-refractivity contribution >= 4 is 22.6 Å². The van der Waals surface area contributed by atoms with Gasteiger partial charge in [0, 0.05) is 30.7 Å². The Hall–Kier alpha value is -2.92. The van der Waals surface area contributed by atoms with Gasteiger partial charge in [-0.25, -0.2) is 0 Å². The second-order valence-electron chi connectivity index (χ2n) is 10.2. The normalized spacial score (nSPS) is 26.1. The molecule has 4 atom stereocenters. The minimum absolute atomic E-state index is 0.0284. The molecule has 2 aromatic rings. The van der Waals surface area contributed by atoms with E-state index in [2.05, 4.69) is 66.9 Å². The number of fused-ring (bicyclic) bond motifs is 1. The van der Waals surface area contributed by atoms with E-state index < -0.39 is 11.9 Å². The van der Waals surface area contributed by atoms with E-state index >= 15 is 0 Å².